The predicted octanol–water partition coefficient (Wildman–Crippen LogP) is 4.21. The Bertz CT molecular complexity index is 1090. The molecule has 0 saturated carbocycles. The highest BCUT2D eigenvalue weighted by atomic mass is 32.2. The van der Waals surface area contributed by atoms with E-state index in [9.17, 15) is 26.7 Å². The van der Waals surface area contributed by atoms with E-state index >= 15 is 0 Å². The van der Waals surface area contributed by atoms with Gasteiger partial charge in [-0.25, -0.2) is 12.8 Å². The Hall–Kier alpha value is -2.14. The van der Waals surface area contributed by atoms with Crippen molar-refractivity contribution in [1.82, 2.24) is 4.90 Å². The number of ether oxygens (including phenoxy) is 2. The fourth-order valence-electron chi connectivity index (χ4n) is 4.56. The number of aliphatic hydroxyl groups is 1. The number of hydrogen-bond acceptors (Lipinski definition) is 6. The highest BCUT2D eigenvalue weighted by molar-refractivity contribution is 7.91. The lowest BCUT2D eigenvalue weighted by Crippen LogP contribution is -2.51. The first-order valence-corrected chi connectivity index (χ1v) is 12.3. The number of aliphatic hydroxyl groups excluding tert-OH is 1. The molecule has 2 aliphatic rings. The van der Waals surface area contributed by atoms with Crippen LogP contribution < -0.4 is 4.74 Å². The van der Waals surface area contributed by atoms with Gasteiger partial charge in [0.15, 0.2) is 0 Å². The molecule has 1 unspecified atom stereocenters. The maximum absolute atomic E-state index is 13.8. The van der Waals surface area contributed by atoms with Gasteiger partial charge in [-0.1, -0.05) is 12.1 Å². The van der Waals surface area contributed by atoms with Crippen LogP contribution in [-0.2, 0) is 14.6 Å². The third kappa shape index (κ3) is 4.75. The van der Waals surface area contributed by atoms with Crippen LogP contribution in [0.5, 0.6) is 5.75 Å². The summed E-state index contributed by atoms with van der Waals surface area (Å²) in [5.41, 5.74) is 0.608. The molecule has 2 aliphatic heterocycles. The average Bonchev–Trinajstić information content (AvgIpc) is 2.80. The van der Waals surface area contributed by atoms with Gasteiger partial charge in [0.2, 0.25) is 9.84 Å². The smallest absolute Gasteiger partial charge is 0.341 e. The topological polar surface area (TPSA) is 76.1 Å². The molecule has 0 bridgehead atoms. The molecule has 0 amide bonds. The number of piperidine rings is 1. The highest BCUT2D eigenvalue weighted by Gasteiger charge is 2.44. The van der Waals surface area contributed by atoms with Crippen LogP contribution in [0, 0.1) is 5.82 Å². The van der Waals surface area contributed by atoms with Gasteiger partial charge in [-0.05, 0) is 42.8 Å². The van der Waals surface area contributed by atoms with E-state index in [1.54, 1.807) is 6.07 Å². The summed E-state index contributed by atoms with van der Waals surface area (Å²) in [5, 5.41) is 10.8. The van der Waals surface area contributed by atoms with Gasteiger partial charge in [0.25, 0.3) is 0 Å². The highest BCUT2D eigenvalue weighted by Crippen LogP contribution is 2.46. The van der Waals surface area contributed by atoms with Crippen LogP contribution in [-0.4, -0.2) is 49.5 Å². The van der Waals surface area contributed by atoms with E-state index in [0.29, 0.717) is 55.8 Å². The third-order valence-corrected chi connectivity index (χ3v) is 7.77. The minimum atomic E-state index is -4.68. The lowest BCUT2D eigenvalue weighted by atomic mass is 9.81. The van der Waals surface area contributed by atoms with Crippen LogP contribution in [0.2, 0.25) is 0 Å². The molecule has 1 saturated heterocycles. The molecular weight excluding hydrogens is 459 g/mol. The number of fused-ring (bicyclic) bond motifs is 1. The Kier molecular flexibility index (Phi) is 6.73. The second kappa shape index (κ2) is 9.25. The molecule has 0 radical (unpaired) electrons. The number of benzene rings is 2. The Morgan fingerprint density at radius 3 is 2.45 bits per heavy atom. The zero-order chi connectivity index (χ0) is 23.8. The fourth-order valence-corrected chi connectivity index (χ4v) is 5.28. The van der Waals surface area contributed by atoms with Crippen LogP contribution >= 0.6 is 0 Å². The van der Waals surface area contributed by atoms with Crippen LogP contribution in [0.15, 0.2) is 47.4 Å². The van der Waals surface area contributed by atoms with Gasteiger partial charge in [-0.3, -0.25) is 4.90 Å². The molecular formula is C23H26F3NO5S. The minimum absolute atomic E-state index is 0.282. The molecule has 2 aromatic rings. The summed E-state index contributed by atoms with van der Waals surface area (Å²) >= 11 is 0. The van der Waals surface area contributed by atoms with Gasteiger partial charge in [0.1, 0.15) is 23.4 Å². The zero-order valence-electron chi connectivity index (χ0n) is 18.1. The number of hydrogen-bond donors (Lipinski definition) is 1. The van der Waals surface area contributed by atoms with Crippen molar-refractivity contribution in [3.8, 4) is 5.75 Å². The first kappa shape index (κ1) is 24.0. The molecule has 1 spiro atoms. The first-order chi connectivity index (χ1) is 15.6. The van der Waals surface area contributed by atoms with Crippen molar-refractivity contribution in [2.45, 2.75) is 54.8 Å². The molecule has 2 heterocycles. The summed E-state index contributed by atoms with van der Waals surface area (Å²) in [5.74, 6) is -3.24. The van der Waals surface area contributed by atoms with Crippen molar-refractivity contribution >= 4 is 9.84 Å². The minimum Gasteiger partial charge on any atom is -0.487 e. The second-order valence-corrected chi connectivity index (χ2v) is 10.3. The Balaban J connectivity index is 1.45. The summed E-state index contributed by atoms with van der Waals surface area (Å²) in [6.45, 7) is 3.36. The molecule has 6 nitrogen and oxygen atoms in total. The van der Waals surface area contributed by atoms with Crippen molar-refractivity contribution in [2.24, 2.45) is 0 Å². The SMILES string of the molecule is CCO[C@@H]1CC2(CCN(C(O)c3ccc(S(=O)(=O)C(F)F)cc3)CC2)Oc2ccc(F)cc21. The van der Waals surface area contributed by atoms with E-state index in [0.717, 1.165) is 12.1 Å². The predicted molar refractivity (Wildman–Crippen MR) is 114 cm³/mol. The van der Waals surface area contributed by atoms with Crippen LogP contribution in [0.25, 0.3) is 0 Å². The average molecular weight is 486 g/mol. The number of nitrogens with zero attached hydrogens (tertiary/aromatic N) is 1. The number of likely N-dealkylation sites (tertiary alicyclic amines) is 1. The lowest BCUT2D eigenvalue weighted by Gasteiger charge is -2.47. The quantitative estimate of drug-likeness (QED) is 0.661. The Labute approximate surface area is 190 Å². The maximum atomic E-state index is 13.8. The molecule has 1 N–H and O–H groups in total. The van der Waals surface area contributed by atoms with Crippen molar-refractivity contribution in [3.05, 3.63) is 59.4 Å². The second-order valence-electron chi connectivity index (χ2n) is 8.40. The maximum Gasteiger partial charge on any atom is 0.341 e. The van der Waals surface area contributed by atoms with Crippen LogP contribution in [0.3, 0.4) is 0 Å². The molecule has 4 rings (SSSR count). The normalized spacial score (nSPS) is 21.6. The Morgan fingerprint density at radius 1 is 1.18 bits per heavy atom. The van der Waals surface area contributed by atoms with Gasteiger partial charge in [-0.2, -0.15) is 8.78 Å². The molecule has 2 atom stereocenters. The molecule has 33 heavy (non-hydrogen) atoms. The van der Waals surface area contributed by atoms with Crippen molar-refractivity contribution in [3.63, 3.8) is 0 Å². The van der Waals surface area contributed by atoms with E-state index in [-0.39, 0.29) is 11.9 Å². The molecule has 2 aromatic carbocycles. The van der Waals surface area contributed by atoms with Crippen molar-refractivity contribution < 1.29 is 36.2 Å². The zero-order valence-corrected chi connectivity index (χ0v) is 18.9. The van der Waals surface area contributed by atoms with E-state index in [4.69, 9.17) is 9.47 Å². The monoisotopic (exact) mass is 485 g/mol. The third-order valence-electron chi connectivity index (χ3n) is 6.37. The van der Waals surface area contributed by atoms with Crippen molar-refractivity contribution in [1.29, 1.82) is 0 Å². The molecule has 0 aromatic heterocycles. The van der Waals surface area contributed by atoms with Gasteiger partial charge in [0, 0.05) is 44.5 Å². The van der Waals surface area contributed by atoms with E-state index in [2.05, 4.69) is 0 Å². The summed E-state index contributed by atoms with van der Waals surface area (Å²) < 4.78 is 74.6. The van der Waals surface area contributed by atoms with E-state index in [1.807, 2.05) is 11.8 Å². The van der Waals surface area contributed by atoms with Crippen LogP contribution in [0.4, 0.5) is 13.2 Å². The number of rotatable bonds is 6. The van der Waals surface area contributed by atoms with Gasteiger partial charge < -0.3 is 14.6 Å². The first-order valence-electron chi connectivity index (χ1n) is 10.8. The largest absolute Gasteiger partial charge is 0.487 e. The molecule has 10 heteroatoms. The summed E-state index contributed by atoms with van der Waals surface area (Å²) in [4.78, 5) is 1.33. The van der Waals surface area contributed by atoms with Gasteiger partial charge in [0.05, 0.1) is 11.0 Å². The summed E-state index contributed by atoms with van der Waals surface area (Å²) in [7, 11) is -4.68. The van der Waals surface area contributed by atoms with Crippen LogP contribution in [0.1, 0.15) is 49.6 Å². The standard InChI is InChI=1S/C23H26F3NO5S/c1-2-31-20-14-23(32-19-8-5-16(24)13-18(19)20)9-11-27(12-10-23)21(28)15-3-6-17(7-4-15)33(29,30)22(25)26/h3-8,13,20-22,28H,2,9-12,14H2,1H3/t20-,21?/m1/s1. The molecule has 0 aliphatic carbocycles. The van der Waals surface area contributed by atoms with Crippen molar-refractivity contribution in [2.75, 3.05) is 19.7 Å². The summed E-state index contributed by atoms with van der Waals surface area (Å²) in [6, 6.07) is 9.27. The lowest BCUT2D eigenvalue weighted by molar-refractivity contribution is -0.0996. The molecule has 180 valence electrons. The molecule has 1 fully saturated rings. The van der Waals surface area contributed by atoms with E-state index in [1.165, 1.54) is 24.3 Å². The summed E-state index contributed by atoms with van der Waals surface area (Å²) in [6.07, 6.45) is 0.472. The number of sulfone groups is 1. The number of halogens is 3. The van der Waals surface area contributed by atoms with E-state index < -0.39 is 32.3 Å². The Morgan fingerprint density at radius 2 is 1.85 bits per heavy atom. The van der Waals surface area contributed by atoms with Gasteiger partial charge in [-0.15, -0.1) is 0 Å². The van der Waals surface area contributed by atoms with Gasteiger partial charge >= 0.3 is 5.76 Å². The number of alkyl halides is 2. The fraction of sp³-hybridized carbons (Fsp3) is 0.478.